The molecule has 0 radical (unpaired) electrons. The van der Waals surface area contributed by atoms with E-state index in [2.05, 4.69) is 69.4 Å². The van der Waals surface area contributed by atoms with Crippen LogP contribution in [0.4, 0.5) is 0 Å². The zero-order chi connectivity index (χ0) is 55.5. The monoisotopic (exact) mass is 1090 g/mol. The first-order valence-corrected chi connectivity index (χ1v) is 33.0. The van der Waals surface area contributed by atoms with Crippen molar-refractivity contribution >= 4 is 25.7 Å². The summed E-state index contributed by atoms with van der Waals surface area (Å²) in [6, 6.07) is 0. The fourth-order valence-corrected chi connectivity index (χ4v) is 9.67. The van der Waals surface area contributed by atoms with E-state index in [-0.39, 0.29) is 25.9 Å². The highest BCUT2D eigenvalue weighted by Crippen LogP contribution is 2.43. The Morgan fingerprint density at radius 2 is 0.645 bits per heavy atom. The Kier molecular flexibility index (Phi) is 56.6. The summed E-state index contributed by atoms with van der Waals surface area (Å²) in [5, 5.41) is 9.82. The minimum atomic E-state index is -4.75. The fraction of sp³-hybridized carbons (Fsp3) is 0.828. The fourth-order valence-electron chi connectivity index (χ4n) is 8.89. The number of phosphoric ester groups is 1. The Morgan fingerprint density at radius 3 is 1.00 bits per heavy atom. The summed E-state index contributed by atoms with van der Waals surface area (Å²) in [5.41, 5.74) is 0. The molecule has 0 saturated heterocycles. The zero-order valence-corrected chi connectivity index (χ0v) is 50.1. The Labute approximate surface area is 466 Å². The summed E-state index contributed by atoms with van der Waals surface area (Å²) in [4.78, 5) is 48.7. The SMILES string of the molecule is CCCCC/C=C\C/C=C\CCCCCCCCCCCC(=O)OCC(COP(=O)(O)OCC(CO)OC(=O)CCCCCCCCCCCCC)OC(=O)CCCCCCCCCCC/C=C\C/C=C\CCCCC. The molecule has 12 heteroatoms. The summed E-state index contributed by atoms with van der Waals surface area (Å²) in [6.07, 6.45) is 63.5. The molecule has 0 aliphatic rings. The molecule has 0 heterocycles. The van der Waals surface area contributed by atoms with Crippen LogP contribution in [0.3, 0.4) is 0 Å². The van der Waals surface area contributed by atoms with E-state index in [1.165, 1.54) is 161 Å². The molecular formula is C64H117O11P. The van der Waals surface area contributed by atoms with Crippen LogP contribution in [0.25, 0.3) is 0 Å². The predicted octanol–water partition coefficient (Wildman–Crippen LogP) is 18.9. The third-order valence-corrected chi connectivity index (χ3v) is 14.7. The largest absolute Gasteiger partial charge is 0.472 e. The van der Waals surface area contributed by atoms with Crippen LogP contribution in [0.5, 0.6) is 0 Å². The van der Waals surface area contributed by atoms with Crippen LogP contribution in [0.15, 0.2) is 48.6 Å². The van der Waals surface area contributed by atoms with E-state index in [1.54, 1.807) is 0 Å². The van der Waals surface area contributed by atoms with Crippen molar-refractivity contribution in [3.05, 3.63) is 48.6 Å². The number of esters is 3. The van der Waals surface area contributed by atoms with Crippen LogP contribution in [-0.4, -0.2) is 66.5 Å². The lowest BCUT2D eigenvalue weighted by atomic mass is 10.1. The summed E-state index contributed by atoms with van der Waals surface area (Å²) < 4.78 is 39.6. The predicted molar refractivity (Wildman–Crippen MR) is 316 cm³/mol. The number of aliphatic hydroxyl groups excluding tert-OH is 1. The molecule has 0 saturated carbocycles. The van der Waals surface area contributed by atoms with Gasteiger partial charge in [0.1, 0.15) is 12.7 Å². The molecule has 0 spiro atoms. The molecule has 444 valence electrons. The number of carbonyl (C=O) groups is 3. The van der Waals surface area contributed by atoms with Gasteiger partial charge in [0.25, 0.3) is 0 Å². The highest BCUT2D eigenvalue weighted by molar-refractivity contribution is 7.47. The number of aliphatic hydroxyl groups is 1. The van der Waals surface area contributed by atoms with Gasteiger partial charge in [-0.3, -0.25) is 23.4 Å². The topological polar surface area (TPSA) is 155 Å². The molecular weight excluding hydrogens is 976 g/mol. The number of rotatable bonds is 59. The summed E-state index contributed by atoms with van der Waals surface area (Å²) in [6.45, 7) is 4.63. The van der Waals surface area contributed by atoms with Crippen LogP contribution in [-0.2, 0) is 42.2 Å². The van der Waals surface area contributed by atoms with Crippen LogP contribution >= 0.6 is 7.82 Å². The van der Waals surface area contributed by atoms with Gasteiger partial charge in [0, 0.05) is 19.3 Å². The molecule has 11 nitrogen and oxygen atoms in total. The molecule has 0 aromatic carbocycles. The van der Waals surface area contributed by atoms with Crippen molar-refractivity contribution in [3.8, 4) is 0 Å². The van der Waals surface area contributed by atoms with Gasteiger partial charge in [0.15, 0.2) is 6.10 Å². The quantitative estimate of drug-likeness (QED) is 0.0197. The van der Waals surface area contributed by atoms with Crippen molar-refractivity contribution in [1.29, 1.82) is 0 Å². The Balaban J connectivity index is 4.69. The molecule has 3 atom stereocenters. The number of carbonyl (C=O) groups excluding carboxylic acids is 3. The minimum absolute atomic E-state index is 0.164. The van der Waals surface area contributed by atoms with Gasteiger partial charge in [-0.2, -0.15) is 0 Å². The summed E-state index contributed by atoms with van der Waals surface area (Å²) in [7, 11) is -4.75. The third-order valence-electron chi connectivity index (χ3n) is 13.7. The molecule has 0 bridgehead atoms. The summed E-state index contributed by atoms with van der Waals surface area (Å²) >= 11 is 0. The second kappa shape index (κ2) is 58.6. The Hall–Kier alpha value is -2.56. The lowest BCUT2D eigenvalue weighted by Gasteiger charge is -2.21. The lowest BCUT2D eigenvalue weighted by molar-refractivity contribution is -0.161. The first kappa shape index (κ1) is 73.4. The average Bonchev–Trinajstić information content (AvgIpc) is 3.41. The third kappa shape index (κ3) is 56.2. The van der Waals surface area contributed by atoms with Crippen LogP contribution < -0.4 is 0 Å². The first-order chi connectivity index (χ1) is 37.2. The second-order valence-corrected chi connectivity index (χ2v) is 22.7. The van der Waals surface area contributed by atoms with Crippen LogP contribution in [0.1, 0.15) is 303 Å². The van der Waals surface area contributed by atoms with E-state index in [0.29, 0.717) is 19.3 Å². The maximum Gasteiger partial charge on any atom is 0.472 e. The maximum absolute atomic E-state index is 12.9. The highest BCUT2D eigenvalue weighted by atomic mass is 31.2. The molecule has 0 amide bonds. The van der Waals surface area contributed by atoms with Crippen LogP contribution in [0.2, 0.25) is 0 Å². The van der Waals surface area contributed by atoms with Crippen molar-refractivity contribution in [1.82, 2.24) is 0 Å². The molecule has 0 aromatic heterocycles. The van der Waals surface area contributed by atoms with Gasteiger partial charge in [-0.05, 0) is 83.5 Å². The second-order valence-electron chi connectivity index (χ2n) is 21.2. The molecule has 3 unspecified atom stereocenters. The van der Waals surface area contributed by atoms with E-state index < -0.39 is 57.8 Å². The number of ether oxygens (including phenoxy) is 3. The number of phosphoric acid groups is 1. The maximum atomic E-state index is 12.9. The Bertz CT molecular complexity index is 1460. The van der Waals surface area contributed by atoms with Gasteiger partial charge in [0.2, 0.25) is 0 Å². The molecule has 0 aliphatic heterocycles. The van der Waals surface area contributed by atoms with Gasteiger partial charge in [0.05, 0.1) is 19.8 Å². The number of unbranched alkanes of at least 4 members (excludes halogenated alkanes) is 34. The van der Waals surface area contributed by atoms with Crippen LogP contribution in [0, 0.1) is 0 Å². The smallest absolute Gasteiger partial charge is 0.462 e. The van der Waals surface area contributed by atoms with E-state index >= 15 is 0 Å². The van der Waals surface area contributed by atoms with Gasteiger partial charge in [-0.15, -0.1) is 0 Å². The molecule has 0 fully saturated rings. The highest BCUT2D eigenvalue weighted by Gasteiger charge is 2.28. The Morgan fingerprint density at radius 1 is 0.368 bits per heavy atom. The lowest BCUT2D eigenvalue weighted by Crippen LogP contribution is -2.30. The van der Waals surface area contributed by atoms with Gasteiger partial charge >= 0.3 is 25.7 Å². The van der Waals surface area contributed by atoms with E-state index in [9.17, 15) is 28.9 Å². The van der Waals surface area contributed by atoms with Gasteiger partial charge in [-0.1, -0.05) is 249 Å². The standard InChI is InChI=1S/C64H117O11P/c1-4-7-10-13-16-19-22-24-26-28-30-32-34-36-39-41-44-47-50-53-62(66)71-57-61(75-64(68)55-52-49-46-43-40-37-35-33-31-29-27-25-23-20-17-14-11-8-5-2)59-73-76(69,70)72-58-60(56-65)74-63(67)54-51-48-45-42-38-21-18-15-12-9-6-3/h16-17,19-20,24-27,60-61,65H,4-15,18,21-23,28-59H2,1-3H3,(H,69,70)/b19-16-,20-17-,26-24-,27-25-. The van der Waals surface area contributed by atoms with Gasteiger partial charge in [-0.25, -0.2) is 4.57 Å². The molecule has 0 rings (SSSR count). The number of hydrogen-bond donors (Lipinski definition) is 2. The molecule has 0 aromatic rings. The van der Waals surface area contributed by atoms with E-state index in [0.717, 1.165) is 83.5 Å². The van der Waals surface area contributed by atoms with Crippen molar-refractivity contribution in [3.63, 3.8) is 0 Å². The van der Waals surface area contributed by atoms with E-state index in [4.69, 9.17) is 23.3 Å². The van der Waals surface area contributed by atoms with Crippen molar-refractivity contribution < 1.29 is 52.2 Å². The molecule has 76 heavy (non-hydrogen) atoms. The average molecular weight is 1090 g/mol. The molecule has 0 aliphatic carbocycles. The van der Waals surface area contributed by atoms with E-state index in [1.807, 2.05) is 0 Å². The minimum Gasteiger partial charge on any atom is -0.462 e. The van der Waals surface area contributed by atoms with Gasteiger partial charge < -0.3 is 24.2 Å². The first-order valence-electron chi connectivity index (χ1n) is 31.5. The number of hydrogen-bond acceptors (Lipinski definition) is 10. The summed E-state index contributed by atoms with van der Waals surface area (Å²) in [5.74, 6) is -1.45. The van der Waals surface area contributed by atoms with Crippen molar-refractivity contribution in [2.45, 2.75) is 315 Å². The van der Waals surface area contributed by atoms with Crippen molar-refractivity contribution in [2.75, 3.05) is 26.4 Å². The zero-order valence-electron chi connectivity index (χ0n) is 49.2. The number of allylic oxidation sites excluding steroid dienone is 8. The normalized spacial score (nSPS) is 13.6. The van der Waals surface area contributed by atoms with Crippen molar-refractivity contribution in [2.24, 2.45) is 0 Å². The molecule has 2 N–H and O–H groups in total.